The molecule has 0 heterocycles. The molecule has 0 aliphatic heterocycles. The first kappa shape index (κ1) is 84.1. The van der Waals surface area contributed by atoms with Crippen LogP contribution in [0.4, 0.5) is 0 Å². The van der Waals surface area contributed by atoms with Crippen molar-refractivity contribution in [1.82, 2.24) is 0 Å². The molecule has 0 bridgehead atoms. The Labute approximate surface area is 524 Å². The number of phosphoric ester groups is 2. The van der Waals surface area contributed by atoms with Crippen molar-refractivity contribution in [2.45, 2.75) is 349 Å². The lowest BCUT2D eigenvalue weighted by Crippen LogP contribution is -2.30. The van der Waals surface area contributed by atoms with E-state index < -0.39 is 97.5 Å². The van der Waals surface area contributed by atoms with Gasteiger partial charge < -0.3 is 33.8 Å². The number of aliphatic hydroxyl groups is 1. The number of ether oxygens (including phenoxy) is 4. The summed E-state index contributed by atoms with van der Waals surface area (Å²) in [7, 11) is -9.89. The normalized spacial score (nSPS) is 14.6. The van der Waals surface area contributed by atoms with Crippen molar-refractivity contribution in [3.8, 4) is 0 Å². The minimum atomic E-state index is -4.95. The molecule has 3 N–H and O–H groups in total. The number of hydrogen-bond acceptors (Lipinski definition) is 15. The summed E-state index contributed by atoms with van der Waals surface area (Å²) in [6.45, 7) is 11.7. The van der Waals surface area contributed by atoms with E-state index in [-0.39, 0.29) is 25.7 Å². The van der Waals surface area contributed by atoms with Gasteiger partial charge in [-0.1, -0.05) is 280 Å². The predicted octanol–water partition coefficient (Wildman–Crippen LogP) is 18.7. The van der Waals surface area contributed by atoms with Gasteiger partial charge >= 0.3 is 39.5 Å². The molecule has 3 unspecified atom stereocenters. The lowest BCUT2D eigenvalue weighted by molar-refractivity contribution is -0.161. The van der Waals surface area contributed by atoms with E-state index in [0.29, 0.717) is 25.7 Å². The minimum absolute atomic E-state index is 0.104. The van der Waals surface area contributed by atoms with E-state index in [9.17, 15) is 43.2 Å². The molecule has 0 saturated carbocycles. The Morgan fingerprint density at radius 2 is 0.593 bits per heavy atom. The molecule has 17 nitrogen and oxygen atoms in total. The highest BCUT2D eigenvalue weighted by atomic mass is 31.2. The van der Waals surface area contributed by atoms with E-state index in [1.807, 2.05) is 0 Å². The van der Waals surface area contributed by atoms with E-state index in [1.54, 1.807) is 0 Å². The van der Waals surface area contributed by atoms with Gasteiger partial charge in [-0.2, -0.15) is 0 Å². The highest BCUT2D eigenvalue weighted by Gasteiger charge is 2.30. The van der Waals surface area contributed by atoms with Crippen LogP contribution >= 0.6 is 15.6 Å². The van der Waals surface area contributed by atoms with Gasteiger partial charge in [0.25, 0.3) is 0 Å². The van der Waals surface area contributed by atoms with Crippen molar-refractivity contribution in [1.29, 1.82) is 0 Å². The van der Waals surface area contributed by atoms with Crippen LogP contribution < -0.4 is 0 Å². The largest absolute Gasteiger partial charge is 0.472 e. The fraction of sp³-hybridized carbons (Fsp3) is 0.940. The number of unbranched alkanes of at least 4 members (excludes halogenated alkanes) is 32. The molecule has 0 radical (unpaired) electrons. The van der Waals surface area contributed by atoms with Crippen LogP contribution in [0.15, 0.2) is 0 Å². The van der Waals surface area contributed by atoms with Gasteiger partial charge in [0.15, 0.2) is 12.2 Å². The second-order valence-electron chi connectivity index (χ2n) is 25.4. The molecule has 0 aromatic heterocycles. The predicted molar refractivity (Wildman–Crippen MR) is 344 cm³/mol. The van der Waals surface area contributed by atoms with Crippen molar-refractivity contribution in [2.24, 2.45) is 17.8 Å². The molecule has 6 atom stereocenters. The standard InChI is InChI=1S/C67H130O17P2/c1-8-10-11-31-41-48-64(69)77-54-62(83-67(72)51-44-37-30-24-23-27-34-40-47-60(7)9-2)56-81-85(73,74)79-52-61(68)53-80-86(75,76)82-57-63(55-78-65(70)49-42-35-28-21-18-14-16-20-26-33-39-46-59(5)6)84-66(71)50-43-36-29-22-17-13-12-15-19-25-32-38-45-58(3)4/h58-63,68H,8-57H2,1-7H3,(H,73,74)(H,75,76)/t60?,61-,62+,63+/m0/s1. The molecule has 0 aromatic rings. The van der Waals surface area contributed by atoms with Crippen LogP contribution in [0.2, 0.25) is 0 Å². The average molecular weight is 1270 g/mol. The van der Waals surface area contributed by atoms with Crippen LogP contribution in [-0.4, -0.2) is 96.7 Å². The molecule has 510 valence electrons. The molecule has 0 amide bonds. The summed E-state index contributed by atoms with van der Waals surface area (Å²) in [6.07, 6.45) is 40.6. The summed E-state index contributed by atoms with van der Waals surface area (Å²) in [5, 5.41) is 10.5. The van der Waals surface area contributed by atoms with Gasteiger partial charge in [-0.3, -0.25) is 37.3 Å². The van der Waals surface area contributed by atoms with Crippen molar-refractivity contribution >= 4 is 39.5 Å². The quantitative estimate of drug-likeness (QED) is 0.0222. The summed E-state index contributed by atoms with van der Waals surface area (Å²) in [5.41, 5.74) is 0. The Hall–Kier alpha value is -1.94. The zero-order valence-electron chi connectivity index (χ0n) is 55.8. The first-order chi connectivity index (χ1) is 41.3. The molecule has 0 aromatic carbocycles. The zero-order valence-corrected chi connectivity index (χ0v) is 57.6. The minimum Gasteiger partial charge on any atom is -0.462 e. The summed E-state index contributed by atoms with van der Waals surface area (Å²) in [6, 6.07) is 0. The Morgan fingerprint density at radius 1 is 0.337 bits per heavy atom. The molecule has 0 saturated heterocycles. The van der Waals surface area contributed by atoms with Crippen LogP contribution in [0.1, 0.15) is 331 Å². The number of hydrogen-bond donors (Lipinski definition) is 3. The number of esters is 4. The number of phosphoric acid groups is 2. The maximum atomic E-state index is 13.0. The van der Waals surface area contributed by atoms with E-state index in [1.165, 1.54) is 135 Å². The number of rotatable bonds is 65. The number of carbonyl (C=O) groups excluding carboxylic acids is 4. The monoisotopic (exact) mass is 1270 g/mol. The van der Waals surface area contributed by atoms with Gasteiger partial charge in [0.1, 0.15) is 19.3 Å². The van der Waals surface area contributed by atoms with Gasteiger partial charge in [0.05, 0.1) is 26.4 Å². The fourth-order valence-electron chi connectivity index (χ4n) is 9.98. The summed E-state index contributed by atoms with van der Waals surface area (Å²) in [5.74, 6) is 0.176. The van der Waals surface area contributed by atoms with Crippen LogP contribution in [0.5, 0.6) is 0 Å². The van der Waals surface area contributed by atoms with Gasteiger partial charge in [-0.05, 0) is 43.4 Å². The van der Waals surface area contributed by atoms with Crippen LogP contribution in [0.3, 0.4) is 0 Å². The van der Waals surface area contributed by atoms with Gasteiger partial charge in [0.2, 0.25) is 0 Å². The highest BCUT2D eigenvalue weighted by Crippen LogP contribution is 2.45. The molecule has 0 aliphatic carbocycles. The second kappa shape index (κ2) is 58.2. The maximum Gasteiger partial charge on any atom is 0.472 e. The van der Waals surface area contributed by atoms with Gasteiger partial charge in [0, 0.05) is 25.7 Å². The molecule has 0 spiro atoms. The molecule has 86 heavy (non-hydrogen) atoms. The van der Waals surface area contributed by atoms with E-state index in [2.05, 4.69) is 48.5 Å². The molecule has 0 aliphatic rings. The summed E-state index contributed by atoms with van der Waals surface area (Å²) < 4.78 is 68.0. The first-order valence-corrected chi connectivity index (χ1v) is 37.9. The zero-order chi connectivity index (χ0) is 63.8. The third kappa shape index (κ3) is 59.7. The SMILES string of the molecule is CCCCCCCC(=O)OC[C@H](COP(=O)(O)OC[C@H](O)COP(=O)(O)OC[C@@H](COC(=O)CCCCCCCCCCCCCC(C)C)OC(=O)CCCCCCCCCCCCCCC(C)C)OC(=O)CCCCCCCCCCC(C)CC. The number of aliphatic hydroxyl groups excluding tert-OH is 1. The Balaban J connectivity index is 5.18. The molecule has 0 rings (SSSR count). The van der Waals surface area contributed by atoms with Crippen LogP contribution in [-0.2, 0) is 65.4 Å². The lowest BCUT2D eigenvalue weighted by Gasteiger charge is -2.21. The first-order valence-electron chi connectivity index (χ1n) is 34.9. The Kier molecular flexibility index (Phi) is 56.9. The molecular formula is C67H130O17P2. The van der Waals surface area contributed by atoms with E-state index in [0.717, 1.165) is 114 Å². The van der Waals surface area contributed by atoms with Crippen molar-refractivity contribution in [3.05, 3.63) is 0 Å². The van der Waals surface area contributed by atoms with Crippen molar-refractivity contribution in [2.75, 3.05) is 39.6 Å². The average Bonchev–Trinajstić information content (AvgIpc) is 3.47. The maximum absolute atomic E-state index is 13.0. The van der Waals surface area contributed by atoms with E-state index in [4.69, 9.17) is 37.0 Å². The van der Waals surface area contributed by atoms with Gasteiger partial charge in [-0.15, -0.1) is 0 Å². The highest BCUT2D eigenvalue weighted by molar-refractivity contribution is 7.47. The van der Waals surface area contributed by atoms with Crippen LogP contribution in [0, 0.1) is 17.8 Å². The molecule has 19 heteroatoms. The third-order valence-corrected chi connectivity index (χ3v) is 17.6. The topological polar surface area (TPSA) is 237 Å². The van der Waals surface area contributed by atoms with Crippen molar-refractivity contribution < 1.29 is 80.2 Å². The van der Waals surface area contributed by atoms with Gasteiger partial charge in [-0.25, -0.2) is 9.13 Å². The summed E-state index contributed by atoms with van der Waals surface area (Å²) >= 11 is 0. The smallest absolute Gasteiger partial charge is 0.462 e. The number of carbonyl (C=O) groups is 4. The Morgan fingerprint density at radius 3 is 0.884 bits per heavy atom. The van der Waals surface area contributed by atoms with Crippen LogP contribution in [0.25, 0.3) is 0 Å². The lowest BCUT2D eigenvalue weighted by atomic mass is 9.99. The van der Waals surface area contributed by atoms with E-state index >= 15 is 0 Å². The third-order valence-electron chi connectivity index (χ3n) is 15.7. The molecule has 0 fully saturated rings. The second-order valence-corrected chi connectivity index (χ2v) is 28.3. The molecular weight excluding hydrogens is 1140 g/mol. The Bertz CT molecular complexity index is 1700. The summed E-state index contributed by atoms with van der Waals surface area (Å²) in [4.78, 5) is 72.2. The fourth-order valence-corrected chi connectivity index (χ4v) is 11.6. The van der Waals surface area contributed by atoms with Crippen molar-refractivity contribution in [3.63, 3.8) is 0 Å².